The Balaban J connectivity index is 1.59. The number of carbonyl (C=O) groups excluding carboxylic acids is 1. The summed E-state index contributed by atoms with van der Waals surface area (Å²) in [7, 11) is -2.68. The molecule has 1 saturated carbocycles. The standard InChI is InChI=1S/C21H20ClF4N3O3S/c1-27-33(31,32)28-9-18-17(25)10-29(18)20(30)14-8-21(14,26)13-6-5-11(22)7-12(13)19-15(23)3-2-4-16(19)24/h2-7,14,17-18,27-28H,8-10H2,1H3/t14-,17+,18+,21+/m0/s1. The molecule has 1 saturated heterocycles. The molecule has 1 aliphatic carbocycles. The van der Waals surface area contributed by atoms with Crippen molar-refractivity contribution in [2.24, 2.45) is 5.92 Å². The summed E-state index contributed by atoms with van der Waals surface area (Å²) in [5.41, 5.74) is -2.90. The Morgan fingerprint density at radius 3 is 2.52 bits per heavy atom. The van der Waals surface area contributed by atoms with Crippen molar-refractivity contribution >= 4 is 27.7 Å². The topological polar surface area (TPSA) is 78.5 Å². The second kappa shape index (κ2) is 8.53. The molecule has 0 aromatic heterocycles. The van der Waals surface area contributed by atoms with Gasteiger partial charge in [-0.25, -0.2) is 27.0 Å². The van der Waals surface area contributed by atoms with E-state index in [1.165, 1.54) is 31.3 Å². The maximum atomic E-state index is 15.9. The highest BCUT2D eigenvalue weighted by molar-refractivity contribution is 7.87. The van der Waals surface area contributed by atoms with Gasteiger partial charge in [-0.3, -0.25) is 4.79 Å². The van der Waals surface area contributed by atoms with Crippen LogP contribution in [0, 0.1) is 17.6 Å². The number of hydrogen-bond acceptors (Lipinski definition) is 3. The summed E-state index contributed by atoms with van der Waals surface area (Å²) in [6.07, 6.45) is -1.74. The van der Waals surface area contributed by atoms with E-state index in [2.05, 4.69) is 4.72 Å². The molecule has 4 atom stereocenters. The summed E-state index contributed by atoms with van der Waals surface area (Å²) in [4.78, 5) is 14.0. The van der Waals surface area contributed by atoms with Crippen LogP contribution >= 0.6 is 11.6 Å². The van der Waals surface area contributed by atoms with Crippen LogP contribution in [0.15, 0.2) is 36.4 Å². The molecule has 1 heterocycles. The first-order valence-electron chi connectivity index (χ1n) is 10.0. The lowest BCUT2D eigenvalue weighted by Gasteiger charge is -2.44. The summed E-state index contributed by atoms with van der Waals surface area (Å²) in [5.74, 6) is -3.73. The van der Waals surface area contributed by atoms with Gasteiger partial charge in [0.1, 0.15) is 23.5 Å². The van der Waals surface area contributed by atoms with E-state index in [0.29, 0.717) is 0 Å². The number of rotatable bonds is 7. The maximum absolute atomic E-state index is 15.9. The van der Waals surface area contributed by atoms with E-state index < -0.39 is 57.1 Å². The van der Waals surface area contributed by atoms with Crippen LogP contribution in [-0.4, -0.2) is 51.6 Å². The van der Waals surface area contributed by atoms with E-state index in [1.54, 1.807) is 0 Å². The minimum atomic E-state index is -3.84. The lowest BCUT2D eigenvalue weighted by atomic mass is 9.93. The van der Waals surface area contributed by atoms with Crippen molar-refractivity contribution in [3.05, 3.63) is 58.6 Å². The summed E-state index contributed by atoms with van der Waals surface area (Å²) in [6, 6.07) is 6.02. The predicted molar refractivity (Wildman–Crippen MR) is 114 cm³/mol. The van der Waals surface area contributed by atoms with Crippen molar-refractivity contribution < 1.29 is 30.8 Å². The van der Waals surface area contributed by atoms with Crippen molar-refractivity contribution in [3.63, 3.8) is 0 Å². The molecular weight excluding hydrogens is 486 g/mol. The Hall–Kier alpha value is -2.21. The minimum absolute atomic E-state index is 0.0981. The zero-order valence-corrected chi connectivity index (χ0v) is 18.9. The molecule has 178 valence electrons. The molecule has 0 bridgehead atoms. The average Bonchev–Trinajstić information content (AvgIpc) is 3.44. The van der Waals surface area contributed by atoms with Crippen LogP contribution in [0.3, 0.4) is 0 Å². The van der Waals surface area contributed by atoms with Crippen molar-refractivity contribution in [2.75, 3.05) is 20.1 Å². The van der Waals surface area contributed by atoms with Gasteiger partial charge in [-0.2, -0.15) is 8.42 Å². The van der Waals surface area contributed by atoms with Crippen molar-refractivity contribution in [1.29, 1.82) is 0 Å². The zero-order valence-electron chi connectivity index (χ0n) is 17.3. The highest BCUT2D eigenvalue weighted by Crippen LogP contribution is 2.59. The van der Waals surface area contributed by atoms with Crippen molar-refractivity contribution in [1.82, 2.24) is 14.3 Å². The van der Waals surface area contributed by atoms with Crippen molar-refractivity contribution in [3.8, 4) is 11.1 Å². The third kappa shape index (κ3) is 4.34. The number of benzene rings is 2. The Labute approximate surface area is 193 Å². The largest absolute Gasteiger partial charge is 0.332 e. The van der Waals surface area contributed by atoms with Gasteiger partial charge in [-0.05, 0) is 35.4 Å². The number of nitrogens with one attached hydrogen (secondary N) is 2. The molecule has 4 rings (SSSR count). The molecule has 2 fully saturated rings. The number of halogens is 5. The quantitative estimate of drug-likeness (QED) is 0.568. The smallest absolute Gasteiger partial charge is 0.276 e. The van der Waals surface area contributed by atoms with Crippen LogP contribution in [0.4, 0.5) is 17.6 Å². The molecule has 1 amide bonds. The van der Waals surface area contributed by atoms with E-state index >= 15 is 4.39 Å². The van der Waals surface area contributed by atoms with Crippen LogP contribution in [0.1, 0.15) is 12.0 Å². The number of nitrogens with zero attached hydrogens (tertiary/aromatic N) is 1. The Bertz CT molecular complexity index is 1190. The zero-order chi connectivity index (χ0) is 24.1. The van der Waals surface area contributed by atoms with E-state index in [0.717, 1.165) is 17.0 Å². The summed E-state index contributed by atoms with van der Waals surface area (Å²) >= 11 is 6.00. The minimum Gasteiger partial charge on any atom is -0.332 e. The Morgan fingerprint density at radius 1 is 1.24 bits per heavy atom. The molecule has 2 N–H and O–H groups in total. The van der Waals surface area contributed by atoms with Gasteiger partial charge in [0.25, 0.3) is 10.2 Å². The van der Waals surface area contributed by atoms with Gasteiger partial charge in [-0.15, -0.1) is 0 Å². The molecule has 33 heavy (non-hydrogen) atoms. The highest BCUT2D eigenvalue weighted by Gasteiger charge is 2.64. The van der Waals surface area contributed by atoms with Gasteiger partial charge in [0.15, 0.2) is 0 Å². The SMILES string of the molecule is CNS(=O)(=O)NC[C@@H]1[C@H](F)CN1C(=O)[C@@H]1C[C@@]1(F)c1ccc(Cl)cc1-c1c(F)cccc1F. The van der Waals surface area contributed by atoms with E-state index in [4.69, 9.17) is 11.6 Å². The molecular formula is C21H20ClF4N3O3S. The molecule has 0 spiro atoms. The van der Waals surface area contributed by atoms with Gasteiger partial charge in [0.2, 0.25) is 5.91 Å². The molecule has 2 aromatic carbocycles. The molecule has 1 aliphatic heterocycles. The van der Waals surface area contributed by atoms with Crippen molar-refractivity contribution in [2.45, 2.75) is 24.3 Å². The monoisotopic (exact) mass is 505 g/mol. The fraction of sp³-hybridized carbons (Fsp3) is 0.381. The molecule has 2 aromatic rings. The first kappa shape index (κ1) is 23.9. The van der Waals surface area contributed by atoms with Gasteiger partial charge in [-0.1, -0.05) is 23.7 Å². The third-order valence-corrected chi connectivity index (χ3v) is 7.40. The molecule has 0 unspecified atom stereocenters. The average molecular weight is 506 g/mol. The number of hydrogen-bond donors (Lipinski definition) is 2. The van der Waals surface area contributed by atoms with Crippen LogP contribution in [-0.2, 0) is 20.7 Å². The molecule has 6 nitrogen and oxygen atoms in total. The highest BCUT2D eigenvalue weighted by atomic mass is 35.5. The normalized spacial score (nSPS) is 26.7. The summed E-state index contributed by atoms with van der Waals surface area (Å²) in [5, 5.41) is 0.128. The first-order chi connectivity index (χ1) is 15.5. The lowest BCUT2D eigenvalue weighted by molar-refractivity contribution is -0.147. The summed E-state index contributed by atoms with van der Waals surface area (Å²) in [6.45, 7) is -0.679. The van der Waals surface area contributed by atoms with Crippen LogP contribution in [0.25, 0.3) is 11.1 Å². The summed E-state index contributed by atoms with van der Waals surface area (Å²) < 4.78 is 86.0. The fourth-order valence-corrected chi connectivity index (χ4v) is 4.83. The van der Waals surface area contributed by atoms with E-state index in [-0.39, 0.29) is 35.7 Å². The maximum Gasteiger partial charge on any atom is 0.276 e. The van der Waals surface area contributed by atoms with Gasteiger partial charge in [0, 0.05) is 25.0 Å². The first-order valence-corrected chi connectivity index (χ1v) is 11.9. The van der Waals surface area contributed by atoms with E-state index in [9.17, 15) is 26.4 Å². The Kier molecular flexibility index (Phi) is 6.19. The second-order valence-corrected chi connectivity index (χ2v) is 10.2. The van der Waals surface area contributed by atoms with Crippen LogP contribution in [0.5, 0.6) is 0 Å². The number of likely N-dealkylation sites (tertiary alicyclic amines) is 1. The molecule has 2 aliphatic rings. The van der Waals surface area contributed by atoms with Crippen LogP contribution < -0.4 is 9.44 Å². The van der Waals surface area contributed by atoms with Crippen LogP contribution in [0.2, 0.25) is 5.02 Å². The number of amides is 1. The number of carbonyl (C=O) groups is 1. The third-order valence-electron chi connectivity index (χ3n) is 6.08. The fourth-order valence-electron chi connectivity index (χ4n) is 4.12. The molecule has 12 heteroatoms. The Morgan fingerprint density at radius 2 is 1.91 bits per heavy atom. The second-order valence-electron chi connectivity index (χ2n) is 8.04. The lowest BCUT2D eigenvalue weighted by Crippen LogP contribution is -2.65. The van der Waals surface area contributed by atoms with Gasteiger partial charge < -0.3 is 4.90 Å². The van der Waals surface area contributed by atoms with Gasteiger partial charge >= 0.3 is 0 Å². The number of alkyl halides is 2. The van der Waals surface area contributed by atoms with E-state index in [1.807, 2.05) is 4.72 Å². The van der Waals surface area contributed by atoms with Gasteiger partial charge in [0.05, 0.1) is 24.1 Å². The molecule has 0 radical (unpaired) electrons. The predicted octanol–water partition coefficient (Wildman–Crippen LogP) is 3.07.